The van der Waals surface area contributed by atoms with Crippen LogP contribution in [-0.4, -0.2) is 18.6 Å². The van der Waals surface area contributed by atoms with Gasteiger partial charge in [-0.05, 0) is 37.7 Å². The molecule has 0 saturated carbocycles. The molecule has 0 bridgehead atoms. The van der Waals surface area contributed by atoms with E-state index in [0.717, 1.165) is 24.1 Å². The second-order valence-corrected chi connectivity index (χ2v) is 3.99. The molecule has 4 heteroatoms. The highest BCUT2D eigenvalue weighted by atomic mass is 19.1. The van der Waals surface area contributed by atoms with E-state index < -0.39 is 0 Å². The summed E-state index contributed by atoms with van der Waals surface area (Å²) in [5.74, 6) is 1.02. The smallest absolute Gasteiger partial charge is 0.196 e. The van der Waals surface area contributed by atoms with Gasteiger partial charge in [0.15, 0.2) is 11.7 Å². The predicted octanol–water partition coefficient (Wildman–Crippen LogP) is 2.55. The van der Waals surface area contributed by atoms with Gasteiger partial charge in [-0.25, -0.2) is 9.37 Å². The molecule has 2 aromatic rings. The van der Waals surface area contributed by atoms with E-state index in [9.17, 15) is 4.39 Å². The fraction of sp³-hybridized carbons (Fsp3) is 0.308. The molecule has 0 aliphatic rings. The highest BCUT2D eigenvalue weighted by Gasteiger charge is 2.07. The van der Waals surface area contributed by atoms with Crippen LogP contribution in [0, 0.1) is 12.7 Å². The molecule has 17 heavy (non-hydrogen) atoms. The van der Waals surface area contributed by atoms with Crippen molar-refractivity contribution in [2.75, 3.05) is 13.6 Å². The average molecular weight is 234 g/mol. The van der Waals surface area contributed by atoms with Crippen LogP contribution in [0.15, 0.2) is 28.8 Å². The summed E-state index contributed by atoms with van der Waals surface area (Å²) in [6, 6.07) is 4.82. The van der Waals surface area contributed by atoms with Crippen LogP contribution in [0.25, 0.3) is 11.3 Å². The van der Waals surface area contributed by atoms with Gasteiger partial charge in [0.25, 0.3) is 0 Å². The van der Waals surface area contributed by atoms with Crippen LogP contribution in [0.3, 0.4) is 0 Å². The van der Waals surface area contributed by atoms with Gasteiger partial charge in [0.1, 0.15) is 5.82 Å². The fourth-order valence-corrected chi connectivity index (χ4v) is 1.67. The maximum Gasteiger partial charge on any atom is 0.196 e. The summed E-state index contributed by atoms with van der Waals surface area (Å²) in [5.41, 5.74) is 1.60. The van der Waals surface area contributed by atoms with Crippen LogP contribution in [0.1, 0.15) is 11.5 Å². The topological polar surface area (TPSA) is 38.1 Å². The van der Waals surface area contributed by atoms with Gasteiger partial charge in [-0.1, -0.05) is 0 Å². The third-order valence-corrected chi connectivity index (χ3v) is 2.47. The number of nitrogens with zero attached hydrogens (tertiary/aromatic N) is 1. The normalized spacial score (nSPS) is 10.8. The van der Waals surface area contributed by atoms with E-state index in [2.05, 4.69) is 10.3 Å². The average Bonchev–Trinajstić information content (AvgIpc) is 2.73. The summed E-state index contributed by atoms with van der Waals surface area (Å²) in [7, 11) is 1.87. The monoisotopic (exact) mass is 234 g/mol. The molecule has 2 rings (SSSR count). The van der Waals surface area contributed by atoms with Crippen LogP contribution in [-0.2, 0) is 6.42 Å². The zero-order valence-corrected chi connectivity index (χ0v) is 9.96. The summed E-state index contributed by atoms with van der Waals surface area (Å²) in [6.45, 7) is 2.66. The molecule has 1 aromatic carbocycles. The molecule has 0 aliphatic heterocycles. The molecule has 3 nitrogen and oxygen atoms in total. The van der Waals surface area contributed by atoms with Crippen molar-refractivity contribution in [2.24, 2.45) is 0 Å². The molecule has 0 fully saturated rings. The summed E-state index contributed by atoms with van der Waals surface area (Å²) in [4.78, 5) is 4.16. The fourth-order valence-electron chi connectivity index (χ4n) is 1.67. The van der Waals surface area contributed by atoms with Crippen molar-refractivity contribution in [1.29, 1.82) is 0 Å². The van der Waals surface area contributed by atoms with Crippen molar-refractivity contribution >= 4 is 0 Å². The third-order valence-electron chi connectivity index (χ3n) is 2.47. The maximum atomic E-state index is 13.3. The van der Waals surface area contributed by atoms with E-state index in [1.165, 1.54) is 12.1 Å². The lowest BCUT2D eigenvalue weighted by molar-refractivity contribution is 0.500. The summed E-state index contributed by atoms with van der Waals surface area (Å²) in [5, 5.41) is 3.02. The predicted molar refractivity (Wildman–Crippen MR) is 64.3 cm³/mol. The summed E-state index contributed by atoms with van der Waals surface area (Å²) < 4.78 is 18.8. The minimum Gasteiger partial charge on any atom is -0.441 e. The van der Waals surface area contributed by atoms with Crippen LogP contribution in [0.4, 0.5) is 4.39 Å². The number of aromatic nitrogens is 1. The van der Waals surface area contributed by atoms with E-state index >= 15 is 0 Å². The second-order valence-electron chi connectivity index (χ2n) is 3.99. The SMILES string of the molecule is CNCCc1ncc(-c2cc(C)cc(F)c2)o1. The lowest BCUT2D eigenvalue weighted by Gasteiger charge is -1.99. The molecule has 1 aromatic heterocycles. The maximum absolute atomic E-state index is 13.3. The number of oxazole rings is 1. The Labute approximate surface area is 99.7 Å². The van der Waals surface area contributed by atoms with Crippen molar-refractivity contribution < 1.29 is 8.81 Å². The number of likely N-dealkylation sites (N-methyl/N-ethyl adjacent to an activating group) is 1. The van der Waals surface area contributed by atoms with Crippen molar-refractivity contribution in [3.8, 4) is 11.3 Å². The van der Waals surface area contributed by atoms with E-state index in [1.807, 2.05) is 20.0 Å². The van der Waals surface area contributed by atoms with Crippen molar-refractivity contribution in [3.63, 3.8) is 0 Å². The van der Waals surface area contributed by atoms with Gasteiger partial charge >= 0.3 is 0 Å². The molecule has 0 saturated heterocycles. The number of hydrogen-bond donors (Lipinski definition) is 1. The molecule has 1 heterocycles. The van der Waals surface area contributed by atoms with Crippen LogP contribution in [0.2, 0.25) is 0 Å². The van der Waals surface area contributed by atoms with Gasteiger partial charge in [-0.15, -0.1) is 0 Å². The molecule has 0 unspecified atom stereocenters. The van der Waals surface area contributed by atoms with Gasteiger partial charge in [-0.3, -0.25) is 0 Å². The number of halogens is 1. The molecule has 0 aliphatic carbocycles. The molecule has 1 N–H and O–H groups in total. The number of aryl methyl sites for hydroxylation is 1. The standard InChI is InChI=1S/C13H15FN2O/c1-9-5-10(7-11(14)6-9)12-8-16-13(17-12)3-4-15-2/h5-8,15H,3-4H2,1-2H3. The van der Waals surface area contributed by atoms with Gasteiger partial charge < -0.3 is 9.73 Å². The lowest BCUT2D eigenvalue weighted by atomic mass is 10.1. The minimum absolute atomic E-state index is 0.256. The number of hydrogen-bond acceptors (Lipinski definition) is 3. The van der Waals surface area contributed by atoms with Crippen molar-refractivity contribution in [1.82, 2.24) is 10.3 Å². The number of nitrogens with one attached hydrogen (secondary N) is 1. The Morgan fingerprint density at radius 3 is 2.88 bits per heavy atom. The Morgan fingerprint density at radius 2 is 2.18 bits per heavy atom. The first kappa shape index (κ1) is 11.8. The van der Waals surface area contributed by atoms with Gasteiger partial charge in [0, 0.05) is 18.5 Å². The quantitative estimate of drug-likeness (QED) is 0.883. The molecular weight excluding hydrogens is 219 g/mol. The van der Waals surface area contributed by atoms with E-state index in [1.54, 1.807) is 6.20 Å². The molecular formula is C13H15FN2O. The highest BCUT2D eigenvalue weighted by molar-refractivity contribution is 5.57. The van der Waals surface area contributed by atoms with E-state index in [-0.39, 0.29) is 5.82 Å². The molecule has 90 valence electrons. The Balaban J connectivity index is 2.24. The molecule has 0 radical (unpaired) electrons. The van der Waals surface area contributed by atoms with Crippen LogP contribution < -0.4 is 5.32 Å². The van der Waals surface area contributed by atoms with E-state index in [0.29, 0.717) is 11.7 Å². The van der Waals surface area contributed by atoms with Crippen LogP contribution in [0.5, 0.6) is 0 Å². The Bertz CT molecular complexity index is 488. The first-order valence-corrected chi connectivity index (χ1v) is 5.56. The largest absolute Gasteiger partial charge is 0.441 e. The number of benzene rings is 1. The Kier molecular flexibility index (Phi) is 3.54. The minimum atomic E-state index is -0.256. The van der Waals surface area contributed by atoms with Crippen molar-refractivity contribution in [2.45, 2.75) is 13.3 Å². The van der Waals surface area contributed by atoms with Gasteiger partial charge in [0.05, 0.1) is 6.20 Å². The second kappa shape index (κ2) is 5.10. The summed E-state index contributed by atoms with van der Waals surface area (Å²) in [6.07, 6.45) is 2.37. The first-order chi connectivity index (χ1) is 8.19. The number of rotatable bonds is 4. The van der Waals surface area contributed by atoms with Crippen LogP contribution >= 0.6 is 0 Å². The van der Waals surface area contributed by atoms with E-state index in [4.69, 9.17) is 4.42 Å². The van der Waals surface area contributed by atoms with Crippen molar-refractivity contribution in [3.05, 3.63) is 41.7 Å². The summed E-state index contributed by atoms with van der Waals surface area (Å²) >= 11 is 0. The van der Waals surface area contributed by atoms with Gasteiger partial charge in [0.2, 0.25) is 0 Å². The Hall–Kier alpha value is -1.68. The van der Waals surface area contributed by atoms with Gasteiger partial charge in [-0.2, -0.15) is 0 Å². The zero-order chi connectivity index (χ0) is 12.3. The first-order valence-electron chi connectivity index (χ1n) is 5.56. The molecule has 0 spiro atoms. The Morgan fingerprint density at radius 1 is 1.35 bits per heavy atom. The zero-order valence-electron chi connectivity index (χ0n) is 9.96. The molecule has 0 atom stereocenters. The highest BCUT2D eigenvalue weighted by Crippen LogP contribution is 2.22. The third kappa shape index (κ3) is 2.91. The molecule has 0 amide bonds. The lowest BCUT2D eigenvalue weighted by Crippen LogP contribution is -2.10.